The predicted molar refractivity (Wildman–Crippen MR) is 71.1 cm³/mol. The van der Waals surface area contributed by atoms with Crippen molar-refractivity contribution in [2.75, 3.05) is 23.3 Å². The van der Waals surface area contributed by atoms with Crippen LogP contribution in [0.3, 0.4) is 0 Å². The van der Waals surface area contributed by atoms with Crippen molar-refractivity contribution in [2.24, 2.45) is 0 Å². The van der Waals surface area contributed by atoms with Crippen LogP contribution >= 0.6 is 0 Å². The molecule has 1 aromatic rings. The number of aromatic nitrogens is 1. The summed E-state index contributed by atoms with van der Waals surface area (Å²) in [5, 5.41) is 11.9. The Morgan fingerprint density at radius 3 is 2.88 bits per heavy atom. The van der Waals surface area contributed by atoms with Crippen molar-refractivity contribution in [3.63, 3.8) is 0 Å². The van der Waals surface area contributed by atoms with E-state index in [4.69, 9.17) is 5.26 Å². The highest BCUT2D eigenvalue weighted by molar-refractivity contribution is 5.54. The molecule has 92 valence electrons. The van der Waals surface area contributed by atoms with E-state index in [0.29, 0.717) is 12.5 Å². The molecule has 0 fully saturated rings. The molecule has 0 saturated heterocycles. The Morgan fingerprint density at radius 1 is 1.53 bits per heavy atom. The normalized spacial score (nSPS) is 10.1. The van der Waals surface area contributed by atoms with Crippen molar-refractivity contribution in [3.05, 3.63) is 18.3 Å². The fourth-order valence-corrected chi connectivity index (χ4v) is 1.73. The second-order valence-electron chi connectivity index (χ2n) is 4.12. The number of anilines is 2. The minimum atomic E-state index is 0.375. The first-order chi connectivity index (χ1) is 8.19. The molecule has 1 aromatic heterocycles. The minimum Gasteiger partial charge on any atom is -0.370 e. The van der Waals surface area contributed by atoms with Crippen LogP contribution in [-0.4, -0.2) is 24.1 Å². The summed E-state index contributed by atoms with van der Waals surface area (Å²) in [5.41, 5.74) is 1.11. The average molecular weight is 232 g/mol. The maximum atomic E-state index is 8.68. The second-order valence-corrected chi connectivity index (χ2v) is 4.12. The number of hydrogen-bond donors (Lipinski definition) is 1. The number of nitrogens with one attached hydrogen (secondary N) is 1. The molecule has 0 bridgehead atoms. The van der Waals surface area contributed by atoms with Crippen LogP contribution in [0.15, 0.2) is 18.3 Å². The Bertz CT molecular complexity index is 381. The minimum absolute atomic E-state index is 0.375. The molecule has 0 aliphatic heterocycles. The van der Waals surface area contributed by atoms with Crippen molar-refractivity contribution >= 4 is 11.5 Å². The summed E-state index contributed by atoms with van der Waals surface area (Å²) in [6.07, 6.45) is 2.34. The van der Waals surface area contributed by atoms with Gasteiger partial charge in [-0.2, -0.15) is 5.26 Å². The van der Waals surface area contributed by atoms with E-state index < -0.39 is 0 Å². The SMILES string of the molecule is CCNc1cc(N(CCC#N)C(C)C)ccn1. The Hall–Kier alpha value is -1.76. The lowest BCUT2D eigenvalue weighted by atomic mass is 10.2. The van der Waals surface area contributed by atoms with Gasteiger partial charge >= 0.3 is 0 Å². The van der Waals surface area contributed by atoms with E-state index in [1.165, 1.54) is 0 Å². The van der Waals surface area contributed by atoms with E-state index >= 15 is 0 Å². The van der Waals surface area contributed by atoms with Crippen molar-refractivity contribution in [1.29, 1.82) is 5.26 Å². The number of hydrogen-bond acceptors (Lipinski definition) is 4. The van der Waals surface area contributed by atoms with Crippen LogP contribution in [0.5, 0.6) is 0 Å². The number of nitriles is 1. The van der Waals surface area contributed by atoms with Gasteiger partial charge in [0.05, 0.1) is 12.5 Å². The number of nitrogens with zero attached hydrogens (tertiary/aromatic N) is 3. The molecule has 0 radical (unpaired) electrons. The molecule has 0 atom stereocenters. The highest BCUT2D eigenvalue weighted by Crippen LogP contribution is 2.19. The van der Waals surface area contributed by atoms with Gasteiger partial charge in [-0.3, -0.25) is 0 Å². The number of pyridine rings is 1. The van der Waals surface area contributed by atoms with E-state index in [1.54, 1.807) is 6.20 Å². The third-order valence-corrected chi connectivity index (χ3v) is 2.52. The predicted octanol–water partition coefficient (Wildman–Crippen LogP) is 2.64. The maximum Gasteiger partial charge on any atom is 0.127 e. The molecule has 0 saturated carbocycles. The molecule has 1 rings (SSSR count). The monoisotopic (exact) mass is 232 g/mol. The Labute approximate surface area is 103 Å². The van der Waals surface area contributed by atoms with Gasteiger partial charge < -0.3 is 10.2 Å². The maximum absolute atomic E-state index is 8.68. The molecule has 0 amide bonds. The molecule has 4 nitrogen and oxygen atoms in total. The first kappa shape index (κ1) is 13.3. The molecular weight excluding hydrogens is 212 g/mol. The van der Waals surface area contributed by atoms with E-state index in [2.05, 4.69) is 35.1 Å². The third kappa shape index (κ3) is 3.95. The molecule has 0 aliphatic rings. The lowest BCUT2D eigenvalue weighted by molar-refractivity contribution is 0.686. The number of rotatable bonds is 6. The van der Waals surface area contributed by atoms with E-state index in [-0.39, 0.29) is 0 Å². The van der Waals surface area contributed by atoms with E-state index in [0.717, 1.165) is 24.6 Å². The van der Waals surface area contributed by atoms with Crippen LogP contribution in [0, 0.1) is 11.3 Å². The lowest BCUT2D eigenvalue weighted by Gasteiger charge is -2.28. The fraction of sp³-hybridized carbons (Fsp3) is 0.538. The molecular formula is C13H20N4. The highest BCUT2D eigenvalue weighted by atomic mass is 15.2. The second kappa shape index (κ2) is 6.74. The molecule has 0 unspecified atom stereocenters. The molecule has 1 N–H and O–H groups in total. The topological polar surface area (TPSA) is 52.0 Å². The van der Waals surface area contributed by atoms with Crippen molar-refractivity contribution in [3.8, 4) is 6.07 Å². The van der Waals surface area contributed by atoms with E-state index in [9.17, 15) is 0 Å². The van der Waals surface area contributed by atoms with Crippen molar-refractivity contribution in [2.45, 2.75) is 33.2 Å². The fourth-order valence-electron chi connectivity index (χ4n) is 1.73. The molecule has 0 aliphatic carbocycles. The summed E-state index contributed by atoms with van der Waals surface area (Å²) >= 11 is 0. The summed E-state index contributed by atoms with van der Waals surface area (Å²) in [6, 6.07) is 6.58. The molecule has 4 heteroatoms. The third-order valence-electron chi connectivity index (χ3n) is 2.52. The Morgan fingerprint density at radius 2 is 2.29 bits per heavy atom. The van der Waals surface area contributed by atoms with Crippen LogP contribution < -0.4 is 10.2 Å². The van der Waals surface area contributed by atoms with Gasteiger partial charge in [0.15, 0.2) is 0 Å². The van der Waals surface area contributed by atoms with Crippen LogP contribution in [0.4, 0.5) is 11.5 Å². The first-order valence-electron chi connectivity index (χ1n) is 6.02. The zero-order valence-electron chi connectivity index (χ0n) is 10.8. The van der Waals surface area contributed by atoms with Crippen molar-refractivity contribution in [1.82, 2.24) is 4.98 Å². The lowest BCUT2D eigenvalue weighted by Crippen LogP contribution is -2.31. The van der Waals surface area contributed by atoms with Gasteiger partial charge in [0.1, 0.15) is 5.82 Å². The van der Waals surface area contributed by atoms with Gasteiger partial charge in [0, 0.05) is 37.1 Å². The van der Waals surface area contributed by atoms with Crippen molar-refractivity contribution < 1.29 is 0 Å². The quantitative estimate of drug-likeness (QED) is 0.819. The van der Waals surface area contributed by atoms with Gasteiger partial charge in [0.2, 0.25) is 0 Å². The summed E-state index contributed by atoms with van der Waals surface area (Å²) in [5.74, 6) is 0.882. The van der Waals surface area contributed by atoms with Gasteiger partial charge in [-0.15, -0.1) is 0 Å². The Kier molecular flexibility index (Phi) is 5.28. The average Bonchev–Trinajstić information content (AvgIpc) is 2.30. The molecule has 0 spiro atoms. The standard InChI is InChI=1S/C13H20N4/c1-4-15-13-10-12(6-8-16-13)17(11(2)3)9-5-7-14/h6,8,10-11H,4-5,9H2,1-3H3,(H,15,16). The summed E-state index contributed by atoms with van der Waals surface area (Å²) in [4.78, 5) is 6.46. The van der Waals surface area contributed by atoms with Crippen LogP contribution in [0.25, 0.3) is 0 Å². The first-order valence-corrected chi connectivity index (χ1v) is 6.02. The molecule has 0 aromatic carbocycles. The zero-order valence-corrected chi connectivity index (χ0v) is 10.8. The van der Waals surface area contributed by atoms with E-state index in [1.807, 2.05) is 19.1 Å². The summed E-state index contributed by atoms with van der Waals surface area (Å²) in [7, 11) is 0. The zero-order chi connectivity index (χ0) is 12.7. The van der Waals surface area contributed by atoms with Crippen LogP contribution in [0.2, 0.25) is 0 Å². The Balaban J connectivity index is 2.86. The summed E-state index contributed by atoms with van der Waals surface area (Å²) in [6.45, 7) is 7.92. The smallest absolute Gasteiger partial charge is 0.127 e. The van der Waals surface area contributed by atoms with Gasteiger partial charge in [0.25, 0.3) is 0 Å². The van der Waals surface area contributed by atoms with Gasteiger partial charge in [-0.05, 0) is 26.8 Å². The van der Waals surface area contributed by atoms with Crippen LogP contribution in [0.1, 0.15) is 27.2 Å². The molecule has 1 heterocycles. The van der Waals surface area contributed by atoms with Gasteiger partial charge in [-0.1, -0.05) is 0 Å². The largest absolute Gasteiger partial charge is 0.370 e. The van der Waals surface area contributed by atoms with Crippen LogP contribution in [-0.2, 0) is 0 Å². The summed E-state index contributed by atoms with van der Waals surface area (Å²) < 4.78 is 0. The highest BCUT2D eigenvalue weighted by Gasteiger charge is 2.10. The van der Waals surface area contributed by atoms with Gasteiger partial charge in [-0.25, -0.2) is 4.98 Å². The molecule has 17 heavy (non-hydrogen) atoms.